The van der Waals surface area contributed by atoms with Crippen LogP contribution in [0.25, 0.3) is 10.8 Å². The number of benzene rings is 2. The number of carbonyl (C=O) groups excluding carboxylic acids is 1. The highest BCUT2D eigenvalue weighted by atomic mass is 16.4. The van der Waals surface area contributed by atoms with Crippen molar-refractivity contribution < 1.29 is 14.7 Å². The molecule has 3 nitrogen and oxygen atoms in total. The summed E-state index contributed by atoms with van der Waals surface area (Å²) in [7, 11) is 0. The Kier molecular flexibility index (Phi) is 2.21. The molecule has 0 aliphatic carbocycles. The molecule has 2 aromatic rings. The largest absolute Gasteiger partial charge is 0.478 e. The van der Waals surface area contributed by atoms with Gasteiger partial charge in [-0.3, -0.25) is 4.79 Å². The Morgan fingerprint density at radius 2 is 1.80 bits per heavy atom. The van der Waals surface area contributed by atoms with E-state index in [2.05, 4.69) is 0 Å². The van der Waals surface area contributed by atoms with Gasteiger partial charge in [0.2, 0.25) is 0 Å². The molecule has 3 heteroatoms. The Labute approximate surface area is 86.0 Å². The summed E-state index contributed by atoms with van der Waals surface area (Å²) in [6.07, 6.45) is 0.743. The van der Waals surface area contributed by atoms with E-state index in [1.165, 1.54) is 0 Å². The third-order valence-electron chi connectivity index (χ3n) is 2.25. The molecule has 15 heavy (non-hydrogen) atoms. The molecule has 0 atom stereocenters. The number of hydrogen-bond donors (Lipinski definition) is 1. The van der Waals surface area contributed by atoms with Crippen molar-refractivity contribution in [2.75, 3.05) is 0 Å². The summed E-state index contributed by atoms with van der Waals surface area (Å²) >= 11 is 0. The fourth-order valence-corrected chi connectivity index (χ4v) is 1.47. The number of hydrogen-bond acceptors (Lipinski definition) is 2. The Morgan fingerprint density at radius 3 is 2.47 bits per heavy atom. The van der Waals surface area contributed by atoms with E-state index >= 15 is 0 Å². The van der Waals surface area contributed by atoms with Gasteiger partial charge >= 0.3 is 5.97 Å². The molecular weight excluding hydrogens is 192 g/mol. The number of aldehydes is 1. The van der Waals surface area contributed by atoms with Crippen molar-refractivity contribution >= 4 is 23.0 Å². The number of carboxylic acids is 1. The van der Waals surface area contributed by atoms with Crippen LogP contribution in [0.5, 0.6) is 0 Å². The number of rotatable bonds is 2. The molecule has 0 saturated heterocycles. The van der Waals surface area contributed by atoms with Crippen molar-refractivity contribution in [3.05, 3.63) is 47.5 Å². The van der Waals surface area contributed by atoms with Gasteiger partial charge in [-0.25, -0.2) is 4.79 Å². The highest BCUT2D eigenvalue weighted by molar-refractivity contribution is 5.96. The lowest BCUT2D eigenvalue weighted by molar-refractivity contribution is 0.0697. The van der Waals surface area contributed by atoms with Crippen LogP contribution in [0.1, 0.15) is 20.7 Å². The maximum Gasteiger partial charge on any atom is 0.335 e. The van der Waals surface area contributed by atoms with Gasteiger partial charge in [-0.2, -0.15) is 0 Å². The van der Waals surface area contributed by atoms with Crippen LogP contribution < -0.4 is 0 Å². The molecule has 0 aliphatic heterocycles. The van der Waals surface area contributed by atoms with Crippen LogP contribution in [-0.4, -0.2) is 17.4 Å². The lowest BCUT2D eigenvalue weighted by Gasteiger charge is -2.00. The number of fused-ring (bicyclic) bond motifs is 1. The van der Waals surface area contributed by atoms with Gasteiger partial charge in [0.05, 0.1) is 5.56 Å². The van der Waals surface area contributed by atoms with Gasteiger partial charge < -0.3 is 5.11 Å². The van der Waals surface area contributed by atoms with Crippen molar-refractivity contribution in [3.8, 4) is 0 Å². The first-order chi connectivity index (χ1) is 7.20. The fraction of sp³-hybridized carbons (Fsp3) is 0. The van der Waals surface area contributed by atoms with Gasteiger partial charge in [0.15, 0.2) is 0 Å². The topological polar surface area (TPSA) is 54.4 Å². The van der Waals surface area contributed by atoms with E-state index in [1.54, 1.807) is 36.4 Å². The predicted molar refractivity (Wildman–Crippen MR) is 56.3 cm³/mol. The van der Waals surface area contributed by atoms with Crippen LogP contribution in [0, 0.1) is 0 Å². The van der Waals surface area contributed by atoms with Gasteiger partial charge in [-0.15, -0.1) is 0 Å². The molecule has 0 amide bonds. The second-order valence-corrected chi connectivity index (χ2v) is 3.24. The maximum absolute atomic E-state index is 10.7. The minimum absolute atomic E-state index is 0.227. The highest BCUT2D eigenvalue weighted by Gasteiger charge is 2.03. The van der Waals surface area contributed by atoms with Crippen LogP contribution in [0.2, 0.25) is 0 Å². The molecule has 0 saturated carbocycles. The van der Waals surface area contributed by atoms with Gasteiger partial charge in [0.1, 0.15) is 6.29 Å². The van der Waals surface area contributed by atoms with Gasteiger partial charge in [-0.05, 0) is 29.0 Å². The quantitative estimate of drug-likeness (QED) is 0.757. The molecule has 1 N–H and O–H groups in total. The molecule has 0 unspecified atom stereocenters. The molecule has 0 fully saturated rings. The molecule has 74 valence electrons. The third-order valence-corrected chi connectivity index (χ3v) is 2.25. The molecule has 2 aromatic carbocycles. The molecule has 0 radical (unpaired) electrons. The van der Waals surface area contributed by atoms with Crippen LogP contribution >= 0.6 is 0 Å². The zero-order valence-corrected chi connectivity index (χ0v) is 7.81. The van der Waals surface area contributed by atoms with Gasteiger partial charge in [0, 0.05) is 5.56 Å². The monoisotopic (exact) mass is 200 g/mol. The average molecular weight is 200 g/mol. The summed E-state index contributed by atoms with van der Waals surface area (Å²) in [5, 5.41) is 10.5. The molecular formula is C12H8O3. The van der Waals surface area contributed by atoms with Gasteiger partial charge in [0.25, 0.3) is 0 Å². The average Bonchev–Trinajstić information content (AvgIpc) is 2.27. The minimum Gasteiger partial charge on any atom is -0.478 e. The summed E-state index contributed by atoms with van der Waals surface area (Å²) in [5.41, 5.74) is 0.774. The number of aromatic carboxylic acids is 1. The molecule has 0 aliphatic rings. The molecule has 0 bridgehead atoms. The smallest absolute Gasteiger partial charge is 0.335 e. The summed E-state index contributed by atoms with van der Waals surface area (Å²) in [6, 6.07) is 10.0. The van der Waals surface area contributed by atoms with Gasteiger partial charge in [-0.1, -0.05) is 18.2 Å². The van der Waals surface area contributed by atoms with E-state index in [9.17, 15) is 9.59 Å². The zero-order chi connectivity index (χ0) is 10.8. The Balaban J connectivity index is 2.67. The molecule has 0 aromatic heterocycles. The van der Waals surface area contributed by atoms with Crippen LogP contribution in [-0.2, 0) is 0 Å². The molecule has 0 spiro atoms. The van der Waals surface area contributed by atoms with E-state index in [-0.39, 0.29) is 5.56 Å². The normalized spacial score (nSPS) is 10.1. The van der Waals surface area contributed by atoms with E-state index in [4.69, 9.17) is 5.11 Å². The second-order valence-electron chi connectivity index (χ2n) is 3.24. The summed E-state index contributed by atoms with van der Waals surface area (Å²) in [5.74, 6) is -0.964. The summed E-state index contributed by atoms with van der Waals surface area (Å²) < 4.78 is 0. The van der Waals surface area contributed by atoms with Crippen molar-refractivity contribution in [2.45, 2.75) is 0 Å². The number of carbonyl (C=O) groups is 2. The zero-order valence-electron chi connectivity index (χ0n) is 7.81. The van der Waals surface area contributed by atoms with E-state index in [1.807, 2.05) is 0 Å². The Hall–Kier alpha value is -2.16. The Morgan fingerprint density at radius 1 is 1.07 bits per heavy atom. The second kappa shape index (κ2) is 3.53. The third kappa shape index (κ3) is 1.72. The first kappa shape index (κ1) is 9.40. The molecule has 0 heterocycles. The van der Waals surface area contributed by atoms with Crippen molar-refractivity contribution in [1.29, 1.82) is 0 Å². The highest BCUT2D eigenvalue weighted by Crippen LogP contribution is 2.17. The van der Waals surface area contributed by atoms with Crippen LogP contribution in [0.4, 0.5) is 0 Å². The lowest BCUT2D eigenvalue weighted by atomic mass is 10.0. The van der Waals surface area contributed by atoms with E-state index in [0.29, 0.717) is 5.56 Å². The standard InChI is InChI=1S/C12H8O3/c13-7-8-1-2-9-3-4-10(12(14)15)6-11(9)5-8/h1-7H,(H,14,15). The van der Waals surface area contributed by atoms with Crippen molar-refractivity contribution in [2.24, 2.45) is 0 Å². The van der Waals surface area contributed by atoms with E-state index < -0.39 is 5.97 Å². The van der Waals surface area contributed by atoms with Crippen molar-refractivity contribution in [1.82, 2.24) is 0 Å². The first-order valence-corrected chi connectivity index (χ1v) is 4.43. The van der Waals surface area contributed by atoms with E-state index in [0.717, 1.165) is 17.1 Å². The fourth-order valence-electron chi connectivity index (χ4n) is 1.47. The SMILES string of the molecule is O=Cc1ccc2ccc(C(=O)O)cc2c1. The minimum atomic E-state index is -0.964. The Bertz CT molecular complexity index is 544. The predicted octanol–water partition coefficient (Wildman–Crippen LogP) is 2.35. The van der Waals surface area contributed by atoms with Crippen LogP contribution in [0.15, 0.2) is 36.4 Å². The van der Waals surface area contributed by atoms with Crippen molar-refractivity contribution in [3.63, 3.8) is 0 Å². The lowest BCUT2D eigenvalue weighted by Crippen LogP contribution is -1.95. The summed E-state index contributed by atoms with van der Waals surface area (Å²) in [4.78, 5) is 21.3. The van der Waals surface area contributed by atoms with Crippen LogP contribution in [0.3, 0.4) is 0 Å². The maximum atomic E-state index is 10.7. The summed E-state index contributed by atoms with van der Waals surface area (Å²) in [6.45, 7) is 0. The first-order valence-electron chi connectivity index (χ1n) is 4.43. The number of carboxylic acid groups (broad SMARTS) is 1. The molecule has 2 rings (SSSR count).